The van der Waals surface area contributed by atoms with Gasteiger partial charge >= 0.3 is 6.03 Å². The molecular weight excluding hydrogens is 278 g/mol. The fourth-order valence-corrected chi connectivity index (χ4v) is 1.74. The molecule has 0 heterocycles. The highest BCUT2D eigenvalue weighted by atomic mass is 19.2. The van der Waals surface area contributed by atoms with Crippen LogP contribution in [0.3, 0.4) is 0 Å². The van der Waals surface area contributed by atoms with E-state index in [1.165, 1.54) is 6.07 Å². The molecule has 0 fully saturated rings. The van der Waals surface area contributed by atoms with E-state index in [-0.39, 0.29) is 30.5 Å². The molecule has 0 saturated heterocycles. The van der Waals surface area contributed by atoms with Crippen LogP contribution in [0.1, 0.15) is 32.3 Å². The summed E-state index contributed by atoms with van der Waals surface area (Å²) in [4.78, 5) is 11.7. The molecule has 0 spiro atoms. The van der Waals surface area contributed by atoms with Crippen molar-refractivity contribution in [1.29, 1.82) is 0 Å². The lowest BCUT2D eigenvalue weighted by Crippen LogP contribution is -2.45. The van der Waals surface area contributed by atoms with Crippen molar-refractivity contribution < 1.29 is 18.7 Å². The van der Waals surface area contributed by atoms with Crippen LogP contribution < -0.4 is 10.6 Å². The van der Waals surface area contributed by atoms with Crippen LogP contribution in [0, 0.1) is 17.6 Å². The maximum Gasteiger partial charge on any atom is 0.315 e. The quantitative estimate of drug-likeness (QED) is 0.755. The first-order chi connectivity index (χ1) is 9.85. The van der Waals surface area contributed by atoms with Gasteiger partial charge in [0.25, 0.3) is 0 Å². The lowest BCUT2D eigenvalue weighted by Gasteiger charge is -2.20. The third kappa shape index (κ3) is 5.30. The summed E-state index contributed by atoms with van der Waals surface area (Å²) in [6.07, 6.45) is 0. The second-order valence-electron chi connectivity index (χ2n) is 5.38. The SMILES string of the molecule is C[C@H](CNC(=O)N[C@H](C)[C@H](C)CO)c1ccc(F)c(F)c1. The van der Waals surface area contributed by atoms with E-state index in [9.17, 15) is 13.6 Å². The molecule has 2 amide bonds. The number of rotatable bonds is 6. The lowest BCUT2D eigenvalue weighted by atomic mass is 10.0. The van der Waals surface area contributed by atoms with Crippen molar-refractivity contribution in [3.05, 3.63) is 35.4 Å². The van der Waals surface area contributed by atoms with Crippen LogP contribution in [-0.4, -0.2) is 30.3 Å². The Morgan fingerprint density at radius 2 is 1.90 bits per heavy atom. The number of aliphatic hydroxyl groups is 1. The van der Waals surface area contributed by atoms with Crippen molar-refractivity contribution in [3.63, 3.8) is 0 Å². The number of aliphatic hydroxyl groups excluding tert-OH is 1. The zero-order chi connectivity index (χ0) is 16.0. The van der Waals surface area contributed by atoms with E-state index in [0.29, 0.717) is 12.1 Å². The van der Waals surface area contributed by atoms with E-state index >= 15 is 0 Å². The number of halogens is 2. The number of nitrogens with one attached hydrogen (secondary N) is 2. The molecule has 0 aliphatic heterocycles. The summed E-state index contributed by atoms with van der Waals surface area (Å²) in [5.74, 6) is -1.96. The van der Waals surface area contributed by atoms with Gasteiger partial charge in [0.15, 0.2) is 11.6 Å². The van der Waals surface area contributed by atoms with E-state index in [2.05, 4.69) is 10.6 Å². The number of benzene rings is 1. The Labute approximate surface area is 123 Å². The van der Waals surface area contributed by atoms with Gasteiger partial charge in [-0.05, 0) is 36.5 Å². The van der Waals surface area contributed by atoms with Gasteiger partial charge in [0, 0.05) is 19.2 Å². The Kier molecular flexibility index (Phi) is 6.55. The molecule has 3 atom stereocenters. The molecular formula is C15H22F2N2O2. The molecule has 0 unspecified atom stereocenters. The average Bonchev–Trinajstić information content (AvgIpc) is 2.46. The third-order valence-electron chi connectivity index (χ3n) is 3.58. The number of carbonyl (C=O) groups excluding carboxylic acids is 1. The van der Waals surface area contributed by atoms with Gasteiger partial charge in [0.1, 0.15) is 0 Å². The van der Waals surface area contributed by atoms with Crippen LogP contribution in [0.4, 0.5) is 13.6 Å². The molecule has 0 aliphatic rings. The fraction of sp³-hybridized carbons (Fsp3) is 0.533. The Balaban J connectivity index is 2.47. The normalized spacial score (nSPS) is 15.1. The highest BCUT2D eigenvalue weighted by Gasteiger charge is 2.15. The van der Waals surface area contributed by atoms with Crippen molar-refractivity contribution in [1.82, 2.24) is 10.6 Å². The van der Waals surface area contributed by atoms with E-state index in [0.717, 1.165) is 12.1 Å². The molecule has 0 radical (unpaired) electrons. The van der Waals surface area contributed by atoms with Gasteiger partial charge in [-0.1, -0.05) is 19.9 Å². The molecule has 3 N–H and O–H groups in total. The van der Waals surface area contributed by atoms with Crippen molar-refractivity contribution in [2.24, 2.45) is 5.92 Å². The van der Waals surface area contributed by atoms with Crippen molar-refractivity contribution in [2.45, 2.75) is 32.7 Å². The molecule has 6 heteroatoms. The zero-order valence-corrected chi connectivity index (χ0v) is 12.5. The maximum absolute atomic E-state index is 13.1. The first-order valence-corrected chi connectivity index (χ1v) is 6.95. The van der Waals surface area contributed by atoms with Gasteiger partial charge < -0.3 is 15.7 Å². The minimum Gasteiger partial charge on any atom is -0.396 e. The number of hydrogen-bond donors (Lipinski definition) is 3. The molecule has 1 rings (SSSR count). The van der Waals surface area contributed by atoms with Crippen LogP contribution in [-0.2, 0) is 0 Å². The molecule has 1 aromatic carbocycles. The fourth-order valence-electron chi connectivity index (χ4n) is 1.74. The topological polar surface area (TPSA) is 61.4 Å². The Morgan fingerprint density at radius 1 is 1.24 bits per heavy atom. The first kappa shape index (κ1) is 17.4. The average molecular weight is 300 g/mol. The van der Waals surface area contributed by atoms with Crippen LogP contribution >= 0.6 is 0 Å². The van der Waals surface area contributed by atoms with Crippen LogP contribution in [0.5, 0.6) is 0 Å². The molecule has 0 aliphatic carbocycles. The number of urea groups is 1. The highest BCUT2D eigenvalue weighted by molar-refractivity contribution is 5.74. The monoisotopic (exact) mass is 300 g/mol. The standard InChI is InChI=1S/C15H22F2N2O2/c1-9(12-4-5-13(16)14(17)6-12)7-18-15(21)19-11(3)10(2)8-20/h4-6,9-11,20H,7-8H2,1-3H3,(H2,18,19,21)/t9-,10-,11-/m1/s1. The second kappa shape index (κ2) is 7.93. The molecule has 4 nitrogen and oxygen atoms in total. The smallest absolute Gasteiger partial charge is 0.315 e. The second-order valence-corrected chi connectivity index (χ2v) is 5.38. The molecule has 0 saturated carbocycles. The minimum absolute atomic E-state index is 0.00724. The van der Waals surface area contributed by atoms with Crippen molar-refractivity contribution in [2.75, 3.05) is 13.2 Å². The number of carbonyl (C=O) groups is 1. The molecule has 118 valence electrons. The van der Waals surface area contributed by atoms with E-state index < -0.39 is 11.6 Å². The van der Waals surface area contributed by atoms with Crippen LogP contribution in [0.2, 0.25) is 0 Å². The summed E-state index contributed by atoms with van der Waals surface area (Å²) in [5.41, 5.74) is 0.617. The maximum atomic E-state index is 13.1. The zero-order valence-electron chi connectivity index (χ0n) is 12.5. The van der Waals surface area contributed by atoms with Gasteiger partial charge in [0.2, 0.25) is 0 Å². The number of amides is 2. The van der Waals surface area contributed by atoms with E-state index in [1.807, 2.05) is 13.8 Å². The predicted octanol–water partition coefficient (Wildman–Crippen LogP) is 2.38. The molecule has 0 aromatic heterocycles. The van der Waals surface area contributed by atoms with Gasteiger partial charge in [-0.25, -0.2) is 13.6 Å². The number of hydrogen-bond acceptors (Lipinski definition) is 2. The predicted molar refractivity (Wildman–Crippen MR) is 77.0 cm³/mol. The van der Waals surface area contributed by atoms with Crippen LogP contribution in [0.25, 0.3) is 0 Å². The Hall–Kier alpha value is -1.69. The summed E-state index contributed by atoms with van der Waals surface area (Å²) in [6.45, 7) is 5.74. The van der Waals surface area contributed by atoms with Crippen molar-refractivity contribution >= 4 is 6.03 Å². The van der Waals surface area contributed by atoms with Crippen molar-refractivity contribution in [3.8, 4) is 0 Å². The van der Waals surface area contributed by atoms with Gasteiger partial charge in [-0.2, -0.15) is 0 Å². The molecule has 21 heavy (non-hydrogen) atoms. The molecule has 1 aromatic rings. The Morgan fingerprint density at radius 3 is 2.48 bits per heavy atom. The largest absolute Gasteiger partial charge is 0.396 e. The summed E-state index contributed by atoms with van der Waals surface area (Å²) in [5, 5.41) is 14.4. The lowest BCUT2D eigenvalue weighted by molar-refractivity contribution is 0.200. The van der Waals surface area contributed by atoms with E-state index in [4.69, 9.17) is 5.11 Å². The van der Waals surface area contributed by atoms with Gasteiger partial charge in [-0.15, -0.1) is 0 Å². The highest BCUT2D eigenvalue weighted by Crippen LogP contribution is 2.17. The summed E-state index contributed by atoms with van der Waals surface area (Å²) in [6, 6.07) is 3.20. The first-order valence-electron chi connectivity index (χ1n) is 6.95. The molecule has 0 bridgehead atoms. The minimum atomic E-state index is -0.894. The van der Waals surface area contributed by atoms with Gasteiger partial charge in [0.05, 0.1) is 0 Å². The summed E-state index contributed by atoms with van der Waals surface area (Å²) >= 11 is 0. The van der Waals surface area contributed by atoms with E-state index in [1.54, 1.807) is 6.92 Å². The van der Waals surface area contributed by atoms with Gasteiger partial charge in [-0.3, -0.25) is 0 Å². The Bertz CT molecular complexity index is 483. The van der Waals surface area contributed by atoms with Crippen LogP contribution in [0.15, 0.2) is 18.2 Å². The summed E-state index contributed by atoms with van der Waals surface area (Å²) in [7, 11) is 0. The summed E-state index contributed by atoms with van der Waals surface area (Å²) < 4.78 is 26.0. The third-order valence-corrected chi connectivity index (χ3v) is 3.58.